The number of pyridine rings is 1. The lowest BCUT2D eigenvalue weighted by atomic mass is 9.89. The van der Waals surface area contributed by atoms with Gasteiger partial charge in [0.05, 0.1) is 11.0 Å². The zero-order chi connectivity index (χ0) is 27.9. The molecule has 1 unspecified atom stereocenters. The van der Waals surface area contributed by atoms with E-state index in [0.717, 1.165) is 42.3 Å². The van der Waals surface area contributed by atoms with Gasteiger partial charge in [-0.25, -0.2) is 0 Å². The van der Waals surface area contributed by atoms with Gasteiger partial charge in [0.15, 0.2) is 5.78 Å². The average Bonchev–Trinajstić information content (AvgIpc) is 3.44. The van der Waals surface area contributed by atoms with Gasteiger partial charge in [0.2, 0.25) is 0 Å². The van der Waals surface area contributed by atoms with Gasteiger partial charge in [0, 0.05) is 42.5 Å². The minimum atomic E-state index is -0.0341. The van der Waals surface area contributed by atoms with Crippen molar-refractivity contribution in [3.05, 3.63) is 95.3 Å². The molecule has 1 amide bonds. The quantitative estimate of drug-likeness (QED) is 0.211. The van der Waals surface area contributed by atoms with Crippen molar-refractivity contribution in [2.75, 3.05) is 13.2 Å². The van der Waals surface area contributed by atoms with Gasteiger partial charge in [-0.2, -0.15) is 0 Å². The molecule has 2 aromatic heterocycles. The molecule has 2 heterocycles. The Hall–Kier alpha value is -4.41. The van der Waals surface area contributed by atoms with E-state index in [1.807, 2.05) is 54.3 Å². The number of carbonyl (C=O) groups is 2. The molecule has 1 saturated carbocycles. The molecular formula is C33H34N4O3. The van der Waals surface area contributed by atoms with Crippen LogP contribution in [0.25, 0.3) is 11.0 Å². The summed E-state index contributed by atoms with van der Waals surface area (Å²) in [6.07, 6.45) is 11.0. The fourth-order valence-electron chi connectivity index (χ4n) is 5.46. The maximum absolute atomic E-state index is 13.4. The number of hydrogen-bond acceptors (Lipinski definition) is 5. The van der Waals surface area contributed by atoms with Crippen LogP contribution in [0.2, 0.25) is 0 Å². The maximum atomic E-state index is 13.4. The molecule has 0 saturated heterocycles. The molecule has 204 valence electrons. The molecule has 7 nitrogen and oxygen atoms in total. The first-order valence-corrected chi connectivity index (χ1v) is 13.8. The molecule has 2 atom stereocenters. The molecule has 0 spiro atoms. The molecule has 0 radical (unpaired) electrons. The summed E-state index contributed by atoms with van der Waals surface area (Å²) in [6.45, 7) is 3.61. The van der Waals surface area contributed by atoms with Crippen molar-refractivity contribution in [2.45, 2.75) is 51.2 Å². The van der Waals surface area contributed by atoms with E-state index in [4.69, 9.17) is 11.2 Å². The van der Waals surface area contributed by atoms with Gasteiger partial charge in [-0.05, 0) is 80.6 Å². The van der Waals surface area contributed by atoms with Crippen LogP contribution in [-0.2, 0) is 6.54 Å². The monoisotopic (exact) mass is 534 g/mol. The SMILES string of the molecule is C#CCOc1ccc(C(=O)c2ccc(CNC3CCC[C@H](N(CC)C(=O)c4cc5ncccc5[nH]4)C3)cc2)cc1. The summed E-state index contributed by atoms with van der Waals surface area (Å²) >= 11 is 0. The second-order valence-electron chi connectivity index (χ2n) is 10.2. The van der Waals surface area contributed by atoms with E-state index in [-0.39, 0.29) is 24.3 Å². The normalized spacial score (nSPS) is 16.8. The van der Waals surface area contributed by atoms with Gasteiger partial charge in [-0.1, -0.05) is 30.2 Å². The summed E-state index contributed by atoms with van der Waals surface area (Å²) in [5.74, 6) is 3.06. The lowest BCUT2D eigenvalue weighted by molar-refractivity contribution is 0.0623. The van der Waals surface area contributed by atoms with E-state index in [1.54, 1.807) is 30.5 Å². The second kappa shape index (κ2) is 12.6. The molecule has 4 aromatic rings. The predicted octanol–water partition coefficient (Wildman–Crippen LogP) is 5.37. The average molecular weight is 535 g/mol. The van der Waals surface area contributed by atoms with E-state index in [9.17, 15) is 9.59 Å². The Labute approximate surface area is 235 Å². The van der Waals surface area contributed by atoms with Crippen LogP contribution in [0, 0.1) is 12.3 Å². The van der Waals surface area contributed by atoms with Gasteiger partial charge in [-0.3, -0.25) is 14.6 Å². The number of nitrogens with zero attached hydrogens (tertiary/aromatic N) is 2. The number of carbonyl (C=O) groups excluding carboxylic acids is 2. The number of fused-ring (bicyclic) bond motifs is 1. The molecule has 0 aliphatic heterocycles. The smallest absolute Gasteiger partial charge is 0.270 e. The van der Waals surface area contributed by atoms with Gasteiger partial charge < -0.3 is 19.9 Å². The van der Waals surface area contributed by atoms with Gasteiger partial charge >= 0.3 is 0 Å². The minimum Gasteiger partial charge on any atom is -0.481 e. The van der Waals surface area contributed by atoms with Crippen molar-refractivity contribution < 1.29 is 14.3 Å². The number of H-pyrrole nitrogens is 1. The third-order valence-electron chi connectivity index (χ3n) is 7.56. The summed E-state index contributed by atoms with van der Waals surface area (Å²) in [6, 6.07) is 20.9. The first-order chi connectivity index (χ1) is 19.6. The molecule has 1 aliphatic rings. The second-order valence-corrected chi connectivity index (χ2v) is 10.2. The van der Waals surface area contributed by atoms with E-state index in [1.165, 1.54) is 0 Å². The molecule has 2 N–H and O–H groups in total. The number of amides is 1. The number of ether oxygens (including phenoxy) is 1. The van der Waals surface area contributed by atoms with Crippen molar-refractivity contribution >= 4 is 22.7 Å². The van der Waals surface area contributed by atoms with Crippen molar-refractivity contribution in [3.8, 4) is 18.1 Å². The van der Waals surface area contributed by atoms with Crippen LogP contribution < -0.4 is 10.1 Å². The van der Waals surface area contributed by atoms with Gasteiger partial charge in [0.1, 0.15) is 18.1 Å². The van der Waals surface area contributed by atoms with Crippen molar-refractivity contribution in [1.82, 2.24) is 20.2 Å². The lowest BCUT2D eigenvalue weighted by Gasteiger charge is -2.37. The zero-order valence-electron chi connectivity index (χ0n) is 22.7. The van der Waals surface area contributed by atoms with E-state index in [2.05, 4.69) is 21.2 Å². The molecule has 7 heteroatoms. The number of terminal acetylenes is 1. The number of aromatic amines is 1. The Balaban J connectivity index is 1.16. The van der Waals surface area contributed by atoms with Crippen molar-refractivity contribution in [2.24, 2.45) is 0 Å². The van der Waals surface area contributed by atoms with E-state index >= 15 is 0 Å². The molecule has 0 bridgehead atoms. The third kappa shape index (κ3) is 6.24. The molecule has 5 rings (SSSR count). The lowest BCUT2D eigenvalue weighted by Crippen LogP contribution is -2.46. The zero-order valence-corrected chi connectivity index (χ0v) is 22.7. The number of aromatic nitrogens is 2. The highest BCUT2D eigenvalue weighted by Gasteiger charge is 2.30. The third-order valence-corrected chi connectivity index (χ3v) is 7.56. The Morgan fingerprint density at radius 3 is 2.55 bits per heavy atom. The summed E-state index contributed by atoms with van der Waals surface area (Å²) in [5.41, 5.74) is 4.64. The fraction of sp³-hybridized carbons (Fsp3) is 0.303. The van der Waals surface area contributed by atoms with Crippen LogP contribution in [0.5, 0.6) is 5.75 Å². The Morgan fingerprint density at radius 1 is 1.10 bits per heavy atom. The molecule has 2 aromatic carbocycles. The van der Waals surface area contributed by atoms with E-state index in [0.29, 0.717) is 41.7 Å². The highest BCUT2D eigenvalue weighted by atomic mass is 16.5. The molecule has 1 aliphatic carbocycles. The van der Waals surface area contributed by atoms with Crippen LogP contribution in [0.1, 0.15) is 64.6 Å². The molecule has 40 heavy (non-hydrogen) atoms. The van der Waals surface area contributed by atoms with E-state index < -0.39 is 0 Å². The van der Waals surface area contributed by atoms with Crippen LogP contribution in [0.15, 0.2) is 72.9 Å². The van der Waals surface area contributed by atoms with Crippen LogP contribution >= 0.6 is 0 Å². The standard InChI is InChI=1S/C33H34N4O3/c1-3-19-40-28-16-14-25(15-17-28)32(38)24-12-10-23(11-13-24)22-35-26-7-5-8-27(20-26)37(4-2)33(39)31-21-30-29(36-31)9-6-18-34-30/h1,6,9-18,21,26-27,35-36H,4-5,7-8,19-20,22H2,2H3/t26?,27-/m0/s1. The molecule has 1 fully saturated rings. The van der Waals surface area contributed by atoms with Crippen LogP contribution in [0.4, 0.5) is 0 Å². The highest BCUT2D eigenvalue weighted by Crippen LogP contribution is 2.26. The first kappa shape index (κ1) is 27.2. The van der Waals surface area contributed by atoms with Crippen molar-refractivity contribution in [3.63, 3.8) is 0 Å². The summed E-state index contributed by atoms with van der Waals surface area (Å²) < 4.78 is 5.38. The van der Waals surface area contributed by atoms with Gasteiger partial charge in [0.25, 0.3) is 5.91 Å². The van der Waals surface area contributed by atoms with Crippen LogP contribution in [-0.4, -0.2) is 51.8 Å². The Bertz CT molecular complexity index is 1470. The predicted molar refractivity (Wildman–Crippen MR) is 156 cm³/mol. The Kier molecular flexibility index (Phi) is 8.58. The number of rotatable bonds is 10. The van der Waals surface area contributed by atoms with Gasteiger partial charge in [-0.15, -0.1) is 6.42 Å². The number of hydrogen-bond donors (Lipinski definition) is 2. The number of ketones is 1. The van der Waals surface area contributed by atoms with Crippen LogP contribution in [0.3, 0.4) is 0 Å². The topological polar surface area (TPSA) is 87.3 Å². The first-order valence-electron chi connectivity index (χ1n) is 13.8. The summed E-state index contributed by atoms with van der Waals surface area (Å²) in [4.78, 5) is 35.9. The summed E-state index contributed by atoms with van der Waals surface area (Å²) in [5, 5.41) is 3.68. The minimum absolute atomic E-state index is 0.0288. The fourth-order valence-corrected chi connectivity index (χ4v) is 5.46. The highest BCUT2D eigenvalue weighted by molar-refractivity contribution is 6.09. The summed E-state index contributed by atoms with van der Waals surface area (Å²) in [7, 11) is 0. The maximum Gasteiger partial charge on any atom is 0.270 e. The largest absolute Gasteiger partial charge is 0.481 e. The number of nitrogens with one attached hydrogen (secondary N) is 2. The molecular weight excluding hydrogens is 500 g/mol. The van der Waals surface area contributed by atoms with Crippen molar-refractivity contribution in [1.29, 1.82) is 0 Å². The number of benzene rings is 2. The Morgan fingerprint density at radius 2 is 1.85 bits per heavy atom.